The summed E-state index contributed by atoms with van der Waals surface area (Å²) in [6, 6.07) is 10.8. The third-order valence-electron chi connectivity index (χ3n) is 7.52. The predicted octanol–water partition coefficient (Wildman–Crippen LogP) is 7.50. The Hall–Kier alpha value is -4.38. The van der Waals surface area contributed by atoms with Gasteiger partial charge in [-0.15, -0.1) is 0 Å². The Labute approximate surface area is 280 Å². The summed E-state index contributed by atoms with van der Waals surface area (Å²) in [7, 11) is 1.51. The first-order valence-corrected chi connectivity index (χ1v) is 16.8. The molecule has 0 spiro atoms. The Balaban J connectivity index is 1.81. The van der Waals surface area contributed by atoms with E-state index in [1.54, 1.807) is 49.4 Å². The number of thiazole rings is 1. The predicted molar refractivity (Wildman–Crippen MR) is 182 cm³/mol. The molecule has 1 aromatic heterocycles. The molecular formula is C36H44N2O8S. The van der Waals surface area contributed by atoms with Gasteiger partial charge in [-0.25, -0.2) is 9.78 Å². The van der Waals surface area contributed by atoms with Crippen LogP contribution in [0.5, 0.6) is 17.2 Å². The van der Waals surface area contributed by atoms with E-state index in [9.17, 15) is 19.5 Å². The molecule has 0 unspecified atom stereocenters. The molecule has 10 nitrogen and oxygen atoms in total. The number of unbranched alkanes of at least 4 members (excludes halogenated alkanes) is 1. The highest BCUT2D eigenvalue weighted by Gasteiger charge is 2.48. The van der Waals surface area contributed by atoms with Crippen molar-refractivity contribution in [3.63, 3.8) is 0 Å². The fraction of sp³-hybridized carbons (Fsp3) is 0.444. The summed E-state index contributed by atoms with van der Waals surface area (Å²) in [5.41, 5.74) is 1.06. The van der Waals surface area contributed by atoms with E-state index in [4.69, 9.17) is 18.9 Å². The lowest BCUT2D eigenvalue weighted by molar-refractivity contribution is -0.132. The number of aliphatic hydroxyl groups excluding tert-OH is 1. The van der Waals surface area contributed by atoms with E-state index < -0.39 is 23.7 Å². The average Bonchev–Trinajstić information content (AvgIpc) is 3.55. The van der Waals surface area contributed by atoms with Crippen molar-refractivity contribution in [1.82, 2.24) is 4.98 Å². The number of carbonyl (C=O) groups excluding carboxylic acids is 3. The molecule has 0 saturated carbocycles. The number of methoxy groups -OCH3 is 1. The van der Waals surface area contributed by atoms with Crippen LogP contribution in [0.25, 0.3) is 5.76 Å². The second kappa shape index (κ2) is 15.9. The number of hydrogen-bond donors (Lipinski definition) is 1. The fourth-order valence-corrected chi connectivity index (χ4v) is 5.89. The number of esters is 1. The maximum Gasteiger partial charge on any atom is 0.350 e. The number of ketones is 1. The molecule has 252 valence electrons. The van der Waals surface area contributed by atoms with Crippen LogP contribution < -0.4 is 19.1 Å². The van der Waals surface area contributed by atoms with Gasteiger partial charge in [-0.3, -0.25) is 14.5 Å². The van der Waals surface area contributed by atoms with Gasteiger partial charge >= 0.3 is 11.9 Å². The van der Waals surface area contributed by atoms with Crippen LogP contribution in [0.4, 0.5) is 5.13 Å². The zero-order chi connectivity index (χ0) is 34.2. The van der Waals surface area contributed by atoms with Gasteiger partial charge < -0.3 is 24.1 Å². The monoisotopic (exact) mass is 664 g/mol. The van der Waals surface area contributed by atoms with Crippen molar-refractivity contribution in [1.29, 1.82) is 0 Å². The number of carbonyl (C=O) groups is 3. The van der Waals surface area contributed by atoms with E-state index in [1.165, 1.54) is 12.0 Å². The SMILES string of the molecule is CCCCOc1ccc(C(O)=C2C(=O)C(=O)N(c3nc(C)c(C(=O)OCC(C)C)s3)[C@@H]2c2ccc(OCCC(C)C)c(OC)c2)cc1. The minimum atomic E-state index is -1.08. The molecular weight excluding hydrogens is 620 g/mol. The third-order valence-corrected chi connectivity index (χ3v) is 8.66. The van der Waals surface area contributed by atoms with Gasteiger partial charge in [-0.2, -0.15) is 0 Å². The van der Waals surface area contributed by atoms with Crippen molar-refractivity contribution < 1.29 is 38.4 Å². The molecule has 1 aliphatic heterocycles. The maximum atomic E-state index is 13.8. The fourth-order valence-electron chi connectivity index (χ4n) is 4.90. The number of rotatable bonds is 15. The second-order valence-corrected chi connectivity index (χ2v) is 13.2. The third kappa shape index (κ3) is 8.32. The van der Waals surface area contributed by atoms with Crippen LogP contribution in [0.3, 0.4) is 0 Å². The van der Waals surface area contributed by atoms with Gasteiger partial charge in [-0.05, 0) is 73.6 Å². The topological polar surface area (TPSA) is 124 Å². The van der Waals surface area contributed by atoms with Crippen LogP contribution in [0.2, 0.25) is 0 Å². The molecule has 1 atom stereocenters. The van der Waals surface area contributed by atoms with Crippen LogP contribution in [0.1, 0.15) is 86.4 Å². The van der Waals surface area contributed by atoms with Gasteiger partial charge in [-0.1, -0.05) is 58.4 Å². The molecule has 4 rings (SSSR count). The van der Waals surface area contributed by atoms with Crippen LogP contribution >= 0.6 is 11.3 Å². The minimum Gasteiger partial charge on any atom is -0.507 e. The lowest BCUT2D eigenvalue weighted by atomic mass is 9.95. The molecule has 47 heavy (non-hydrogen) atoms. The molecule has 1 fully saturated rings. The largest absolute Gasteiger partial charge is 0.507 e. The Morgan fingerprint density at radius 1 is 1.00 bits per heavy atom. The number of anilines is 1. The number of amides is 1. The van der Waals surface area contributed by atoms with Crippen molar-refractivity contribution in [3.05, 3.63) is 69.7 Å². The van der Waals surface area contributed by atoms with Gasteiger partial charge in [0.25, 0.3) is 5.78 Å². The van der Waals surface area contributed by atoms with Gasteiger partial charge in [0.05, 0.1) is 44.2 Å². The molecule has 0 radical (unpaired) electrons. The molecule has 1 N–H and O–H groups in total. The molecule has 1 aliphatic rings. The Kier molecular flexibility index (Phi) is 12.0. The maximum absolute atomic E-state index is 13.8. The molecule has 3 aromatic rings. The van der Waals surface area contributed by atoms with Crippen molar-refractivity contribution in [3.8, 4) is 17.2 Å². The van der Waals surface area contributed by atoms with E-state index in [1.807, 2.05) is 13.8 Å². The summed E-state index contributed by atoms with van der Waals surface area (Å²) in [5, 5.41) is 11.7. The van der Waals surface area contributed by atoms with E-state index >= 15 is 0 Å². The normalized spacial score (nSPS) is 15.9. The van der Waals surface area contributed by atoms with Crippen LogP contribution in [-0.2, 0) is 14.3 Å². The summed E-state index contributed by atoms with van der Waals surface area (Å²) in [5.74, 6) is -0.561. The quantitative estimate of drug-likeness (QED) is 0.0578. The molecule has 1 amide bonds. The highest BCUT2D eigenvalue weighted by Crippen LogP contribution is 2.45. The standard InChI is InChI=1S/C36H44N2O8S/c1-8-9-17-44-26-13-10-24(11-14-26)31(39)29-30(25-12-15-27(28(19-25)43-7)45-18-16-21(2)3)38(34(41)32(29)40)36-37-23(6)33(47-36)35(42)46-20-22(4)5/h10-15,19,21-22,30,39H,8-9,16-18,20H2,1-7H3/t30-/m1/s1. The van der Waals surface area contributed by atoms with E-state index in [0.29, 0.717) is 53.2 Å². The van der Waals surface area contributed by atoms with Crippen molar-refractivity contribution >= 4 is 39.9 Å². The number of aliphatic hydroxyl groups is 1. The molecule has 2 aromatic carbocycles. The first-order chi connectivity index (χ1) is 22.5. The number of nitrogens with zero attached hydrogens (tertiary/aromatic N) is 2. The first-order valence-electron chi connectivity index (χ1n) is 16.0. The van der Waals surface area contributed by atoms with Crippen molar-refractivity contribution in [2.45, 2.75) is 66.8 Å². The Morgan fingerprint density at radius 2 is 1.72 bits per heavy atom. The number of benzene rings is 2. The highest BCUT2D eigenvalue weighted by atomic mass is 32.1. The van der Waals surface area contributed by atoms with Gasteiger partial charge in [0.1, 0.15) is 16.4 Å². The zero-order valence-electron chi connectivity index (χ0n) is 28.1. The lowest BCUT2D eigenvalue weighted by Crippen LogP contribution is -2.29. The van der Waals surface area contributed by atoms with Crippen LogP contribution in [-0.4, -0.2) is 54.7 Å². The Bertz CT molecular complexity index is 1610. The number of aryl methyl sites for hydroxylation is 1. The average molecular weight is 665 g/mol. The molecule has 0 bridgehead atoms. The van der Waals surface area contributed by atoms with E-state index in [2.05, 4.69) is 25.8 Å². The van der Waals surface area contributed by atoms with Gasteiger partial charge in [0, 0.05) is 5.56 Å². The van der Waals surface area contributed by atoms with E-state index in [-0.39, 0.29) is 33.9 Å². The lowest BCUT2D eigenvalue weighted by Gasteiger charge is -2.24. The van der Waals surface area contributed by atoms with Gasteiger partial charge in [0.15, 0.2) is 16.6 Å². The van der Waals surface area contributed by atoms with Crippen molar-refractivity contribution in [2.24, 2.45) is 11.8 Å². The molecule has 1 saturated heterocycles. The Morgan fingerprint density at radius 3 is 2.36 bits per heavy atom. The van der Waals surface area contributed by atoms with Crippen LogP contribution in [0, 0.1) is 18.8 Å². The summed E-state index contributed by atoms with van der Waals surface area (Å²) >= 11 is 0.959. The highest BCUT2D eigenvalue weighted by molar-refractivity contribution is 7.17. The second-order valence-electron chi connectivity index (χ2n) is 12.2. The van der Waals surface area contributed by atoms with Crippen molar-refractivity contribution in [2.75, 3.05) is 31.8 Å². The number of hydrogen-bond acceptors (Lipinski definition) is 10. The molecule has 11 heteroatoms. The van der Waals surface area contributed by atoms with Crippen LogP contribution in [0.15, 0.2) is 48.0 Å². The molecule has 0 aliphatic carbocycles. The summed E-state index contributed by atoms with van der Waals surface area (Å²) in [4.78, 5) is 46.4. The smallest absolute Gasteiger partial charge is 0.350 e. The summed E-state index contributed by atoms with van der Waals surface area (Å²) < 4.78 is 22.8. The zero-order valence-corrected chi connectivity index (χ0v) is 28.9. The van der Waals surface area contributed by atoms with E-state index in [0.717, 1.165) is 30.6 Å². The van der Waals surface area contributed by atoms with Gasteiger partial charge in [0.2, 0.25) is 0 Å². The number of ether oxygens (including phenoxy) is 4. The number of Topliss-reactive ketones (excluding diaryl/α,β-unsaturated/α-hetero) is 1. The number of aromatic nitrogens is 1. The summed E-state index contributed by atoms with van der Waals surface area (Å²) in [6.45, 7) is 13.1. The molecule has 2 heterocycles. The minimum absolute atomic E-state index is 0.123. The summed E-state index contributed by atoms with van der Waals surface area (Å²) in [6.07, 6.45) is 2.75. The first kappa shape index (κ1) is 35.5.